The van der Waals surface area contributed by atoms with Crippen molar-refractivity contribution in [2.45, 2.75) is 10.6 Å². The molecular formula is C20H17BrN2O4S2. The lowest BCUT2D eigenvalue weighted by atomic mass is 10.2. The molecule has 1 heterocycles. The second-order valence-corrected chi connectivity index (χ2v) is 10.3. The van der Waals surface area contributed by atoms with Gasteiger partial charge in [-0.1, -0.05) is 22.0 Å². The van der Waals surface area contributed by atoms with Crippen LogP contribution in [0.15, 0.2) is 74.7 Å². The van der Waals surface area contributed by atoms with E-state index in [1.54, 1.807) is 47.8 Å². The van der Waals surface area contributed by atoms with Crippen molar-refractivity contribution < 1.29 is 18.0 Å². The smallest absolute Gasteiger partial charge is 0.255 e. The Morgan fingerprint density at radius 2 is 1.52 bits per heavy atom. The standard InChI is InChI=1S/C20H17BrN2O4S2/c21-15-5-9-17(10-6-15)23-20(25)14-3-7-16(8-4-14)22-18(24)11-13-29(26,27)19-2-1-12-28-19/h1-10,12H,11,13H2,(H,22,24)(H,23,25). The van der Waals surface area contributed by atoms with Crippen LogP contribution in [0.3, 0.4) is 0 Å². The first-order chi connectivity index (χ1) is 13.8. The van der Waals surface area contributed by atoms with Gasteiger partial charge in [0.15, 0.2) is 9.84 Å². The summed E-state index contributed by atoms with van der Waals surface area (Å²) in [4.78, 5) is 24.3. The summed E-state index contributed by atoms with van der Waals surface area (Å²) in [5, 5.41) is 7.11. The predicted molar refractivity (Wildman–Crippen MR) is 118 cm³/mol. The number of hydrogen-bond donors (Lipinski definition) is 2. The van der Waals surface area contributed by atoms with E-state index in [2.05, 4.69) is 26.6 Å². The molecule has 29 heavy (non-hydrogen) atoms. The molecule has 0 fully saturated rings. The molecule has 2 amide bonds. The Hall–Kier alpha value is -2.49. The number of halogens is 1. The largest absolute Gasteiger partial charge is 0.326 e. The highest BCUT2D eigenvalue weighted by molar-refractivity contribution is 9.10. The molecule has 0 spiro atoms. The first-order valence-electron chi connectivity index (χ1n) is 8.56. The zero-order chi connectivity index (χ0) is 20.9. The third-order valence-corrected chi connectivity index (χ3v) is 7.66. The van der Waals surface area contributed by atoms with E-state index in [1.165, 1.54) is 6.07 Å². The molecular weight excluding hydrogens is 476 g/mol. The topological polar surface area (TPSA) is 92.3 Å². The summed E-state index contributed by atoms with van der Waals surface area (Å²) in [5.74, 6) is -0.933. The highest BCUT2D eigenvalue weighted by Gasteiger charge is 2.17. The fraction of sp³-hybridized carbons (Fsp3) is 0.100. The number of hydrogen-bond acceptors (Lipinski definition) is 5. The zero-order valence-electron chi connectivity index (χ0n) is 15.1. The monoisotopic (exact) mass is 492 g/mol. The Morgan fingerprint density at radius 3 is 2.14 bits per heavy atom. The summed E-state index contributed by atoms with van der Waals surface area (Å²) in [6.45, 7) is 0. The molecule has 0 atom stereocenters. The molecule has 0 aliphatic carbocycles. The summed E-state index contributed by atoms with van der Waals surface area (Å²) < 4.78 is 25.4. The van der Waals surface area contributed by atoms with Gasteiger partial charge >= 0.3 is 0 Å². The number of nitrogens with one attached hydrogen (secondary N) is 2. The van der Waals surface area contributed by atoms with Gasteiger partial charge in [0, 0.05) is 27.8 Å². The lowest BCUT2D eigenvalue weighted by Gasteiger charge is -2.08. The normalized spacial score (nSPS) is 11.1. The molecule has 0 bridgehead atoms. The van der Waals surface area contributed by atoms with E-state index in [4.69, 9.17) is 0 Å². The lowest BCUT2D eigenvalue weighted by molar-refractivity contribution is -0.115. The van der Waals surface area contributed by atoms with Crippen LogP contribution in [0.5, 0.6) is 0 Å². The molecule has 3 aromatic rings. The number of anilines is 2. The average molecular weight is 493 g/mol. The van der Waals surface area contributed by atoms with Gasteiger partial charge in [-0.05, 0) is 60.0 Å². The third-order valence-electron chi connectivity index (χ3n) is 3.93. The van der Waals surface area contributed by atoms with Gasteiger partial charge in [0.1, 0.15) is 4.21 Å². The molecule has 1 aromatic heterocycles. The molecule has 0 unspecified atom stereocenters. The van der Waals surface area contributed by atoms with Crippen LogP contribution in [-0.2, 0) is 14.6 Å². The molecule has 150 valence electrons. The van der Waals surface area contributed by atoms with Gasteiger partial charge in [-0.2, -0.15) is 0 Å². The van der Waals surface area contributed by atoms with Crippen LogP contribution in [0.25, 0.3) is 0 Å². The van der Waals surface area contributed by atoms with Gasteiger partial charge in [0.2, 0.25) is 5.91 Å². The quantitative estimate of drug-likeness (QED) is 0.505. The van der Waals surface area contributed by atoms with Gasteiger partial charge < -0.3 is 10.6 Å². The van der Waals surface area contributed by atoms with Crippen LogP contribution in [0.4, 0.5) is 11.4 Å². The Kier molecular flexibility index (Phi) is 6.83. The number of carbonyl (C=O) groups is 2. The maximum absolute atomic E-state index is 12.3. The summed E-state index contributed by atoms with van der Waals surface area (Å²) in [6.07, 6.45) is -0.147. The van der Waals surface area contributed by atoms with Crippen LogP contribution in [0.1, 0.15) is 16.8 Å². The average Bonchev–Trinajstić information content (AvgIpc) is 3.25. The van der Waals surface area contributed by atoms with Gasteiger partial charge in [-0.3, -0.25) is 9.59 Å². The Morgan fingerprint density at radius 1 is 0.897 bits per heavy atom. The van der Waals surface area contributed by atoms with Crippen LogP contribution in [0, 0.1) is 0 Å². The van der Waals surface area contributed by atoms with Crippen molar-refractivity contribution in [3.8, 4) is 0 Å². The van der Waals surface area contributed by atoms with Crippen LogP contribution in [-0.4, -0.2) is 26.0 Å². The van der Waals surface area contributed by atoms with Crippen molar-refractivity contribution in [1.29, 1.82) is 0 Å². The minimum Gasteiger partial charge on any atom is -0.326 e. The van der Waals surface area contributed by atoms with E-state index in [1.807, 2.05) is 12.1 Å². The number of thiophene rings is 1. The van der Waals surface area contributed by atoms with Crippen molar-refractivity contribution >= 4 is 60.3 Å². The maximum Gasteiger partial charge on any atom is 0.255 e. The van der Waals surface area contributed by atoms with Crippen molar-refractivity contribution in [3.05, 3.63) is 76.1 Å². The maximum atomic E-state index is 12.3. The van der Waals surface area contributed by atoms with Gasteiger partial charge in [0.25, 0.3) is 5.91 Å². The first kappa shape index (κ1) is 21.2. The summed E-state index contributed by atoms with van der Waals surface area (Å²) in [6, 6.07) is 16.8. The van der Waals surface area contributed by atoms with Crippen molar-refractivity contribution in [2.24, 2.45) is 0 Å². The fourth-order valence-electron chi connectivity index (χ4n) is 2.43. The number of benzene rings is 2. The number of rotatable bonds is 7. The summed E-state index contributed by atoms with van der Waals surface area (Å²) >= 11 is 4.47. The number of carbonyl (C=O) groups excluding carboxylic acids is 2. The molecule has 2 N–H and O–H groups in total. The fourth-order valence-corrected chi connectivity index (χ4v) is 5.09. The van der Waals surface area contributed by atoms with Crippen molar-refractivity contribution in [3.63, 3.8) is 0 Å². The second-order valence-electron chi connectivity index (χ2n) is 6.09. The lowest BCUT2D eigenvalue weighted by Crippen LogP contribution is -2.17. The molecule has 0 aliphatic rings. The SMILES string of the molecule is O=C(CCS(=O)(=O)c1cccs1)Nc1ccc(C(=O)Nc2ccc(Br)cc2)cc1. The summed E-state index contributed by atoms with van der Waals surface area (Å²) in [7, 11) is -3.45. The van der Waals surface area contributed by atoms with E-state index in [0.717, 1.165) is 15.8 Å². The third kappa shape index (κ3) is 5.99. The van der Waals surface area contributed by atoms with E-state index < -0.39 is 15.7 Å². The van der Waals surface area contributed by atoms with Crippen molar-refractivity contribution in [1.82, 2.24) is 0 Å². The molecule has 0 saturated carbocycles. The zero-order valence-corrected chi connectivity index (χ0v) is 18.3. The van der Waals surface area contributed by atoms with Gasteiger partial charge in [-0.15, -0.1) is 11.3 Å². The molecule has 2 aromatic carbocycles. The molecule has 0 radical (unpaired) electrons. The first-order valence-corrected chi connectivity index (χ1v) is 11.9. The second kappa shape index (κ2) is 9.34. The molecule has 0 saturated heterocycles. The number of sulfone groups is 1. The minimum atomic E-state index is -3.45. The van der Waals surface area contributed by atoms with E-state index in [9.17, 15) is 18.0 Å². The number of amides is 2. The van der Waals surface area contributed by atoms with Crippen LogP contribution in [0.2, 0.25) is 0 Å². The molecule has 9 heteroatoms. The predicted octanol–water partition coefficient (Wildman–Crippen LogP) is 4.57. The van der Waals surface area contributed by atoms with E-state index in [-0.39, 0.29) is 22.3 Å². The molecule has 6 nitrogen and oxygen atoms in total. The minimum absolute atomic E-state index is 0.147. The highest BCUT2D eigenvalue weighted by Crippen LogP contribution is 2.19. The van der Waals surface area contributed by atoms with Crippen LogP contribution >= 0.6 is 27.3 Å². The molecule has 0 aliphatic heterocycles. The van der Waals surface area contributed by atoms with E-state index >= 15 is 0 Å². The molecule has 3 rings (SSSR count). The van der Waals surface area contributed by atoms with Crippen LogP contribution < -0.4 is 10.6 Å². The Bertz CT molecular complexity index is 1090. The Balaban J connectivity index is 1.53. The Labute approximate surface area is 181 Å². The highest BCUT2D eigenvalue weighted by atomic mass is 79.9. The van der Waals surface area contributed by atoms with Gasteiger partial charge in [-0.25, -0.2) is 8.42 Å². The summed E-state index contributed by atoms with van der Waals surface area (Å²) in [5.41, 5.74) is 1.59. The van der Waals surface area contributed by atoms with Crippen molar-refractivity contribution in [2.75, 3.05) is 16.4 Å². The van der Waals surface area contributed by atoms with E-state index in [0.29, 0.717) is 16.9 Å². The van der Waals surface area contributed by atoms with Gasteiger partial charge in [0.05, 0.1) is 5.75 Å².